The largest absolute Gasteiger partial charge is 0.298 e. The summed E-state index contributed by atoms with van der Waals surface area (Å²) in [5.41, 5.74) is 2.03. The summed E-state index contributed by atoms with van der Waals surface area (Å²) < 4.78 is 28.4. The number of carbonyl (C=O) groups is 1. The van der Waals surface area contributed by atoms with E-state index in [0.717, 1.165) is 33.4 Å². The number of nitrogens with one attached hydrogen (secondary N) is 2. The molecule has 1 amide bonds. The molecule has 4 rings (SSSR count). The highest BCUT2D eigenvalue weighted by molar-refractivity contribution is 9.10. The normalized spacial score (nSPS) is 14.0. The summed E-state index contributed by atoms with van der Waals surface area (Å²) >= 11 is 4.79. The number of anilines is 1. The molecule has 0 spiro atoms. The SMILES string of the molecule is Cc1sc(NC(=O)c2cccc(S(=O)(=O)NC3CC3)c2)nc1-c1ccc(Br)cc1. The maximum atomic E-state index is 12.7. The van der Waals surface area contributed by atoms with Crippen LogP contribution < -0.4 is 10.0 Å². The third kappa shape index (κ3) is 4.75. The van der Waals surface area contributed by atoms with E-state index in [9.17, 15) is 13.2 Å². The molecule has 0 aliphatic heterocycles. The lowest BCUT2D eigenvalue weighted by Gasteiger charge is -2.07. The number of hydrogen-bond donors (Lipinski definition) is 2. The van der Waals surface area contributed by atoms with Crippen LogP contribution in [0.2, 0.25) is 0 Å². The van der Waals surface area contributed by atoms with Gasteiger partial charge in [-0.15, -0.1) is 11.3 Å². The Balaban J connectivity index is 1.53. The van der Waals surface area contributed by atoms with Gasteiger partial charge in [0.25, 0.3) is 5.91 Å². The molecule has 1 heterocycles. The van der Waals surface area contributed by atoms with Crippen molar-refractivity contribution < 1.29 is 13.2 Å². The highest BCUT2D eigenvalue weighted by atomic mass is 79.9. The number of halogens is 1. The van der Waals surface area contributed by atoms with Crippen LogP contribution in [0.25, 0.3) is 11.3 Å². The van der Waals surface area contributed by atoms with E-state index in [4.69, 9.17) is 0 Å². The van der Waals surface area contributed by atoms with Crippen LogP contribution in [0.1, 0.15) is 28.1 Å². The number of aryl methyl sites for hydroxylation is 1. The van der Waals surface area contributed by atoms with Crippen LogP contribution in [0.5, 0.6) is 0 Å². The lowest BCUT2D eigenvalue weighted by atomic mass is 10.1. The highest BCUT2D eigenvalue weighted by Gasteiger charge is 2.28. The van der Waals surface area contributed by atoms with Crippen molar-refractivity contribution in [3.05, 3.63) is 63.4 Å². The van der Waals surface area contributed by atoms with Crippen molar-refractivity contribution in [1.82, 2.24) is 9.71 Å². The predicted octanol–water partition coefficient (Wildman–Crippen LogP) is 4.57. The molecule has 1 fully saturated rings. The topological polar surface area (TPSA) is 88.2 Å². The number of rotatable bonds is 6. The van der Waals surface area contributed by atoms with E-state index in [1.54, 1.807) is 12.1 Å². The van der Waals surface area contributed by atoms with Crippen molar-refractivity contribution in [1.29, 1.82) is 0 Å². The minimum Gasteiger partial charge on any atom is -0.298 e. The average molecular weight is 492 g/mol. The Labute approximate surface area is 181 Å². The molecule has 0 saturated heterocycles. The summed E-state index contributed by atoms with van der Waals surface area (Å²) in [5, 5.41) is 3.24. The maximum Gasteiger partial charge on any atom is 0.257 e. The standard InChI is InChI=1S/C20H18BrN3O3S2/c1-12-18(13-5-7-15(21)8-6-13)22-20(28-12)23-19(25)14-3-2-4-17(11-14)29(26,27)24-16-9-10-16/h2-8,11,16,24H,9-10H2,1H3,(H,22,23,25). The van der Waals surface area contributed by atoms with E-state index >= 15 is 0 Å². The fraction of sp³-hybridized carbons (Fsp3) is 0.200. The van der Waals surface area contributed by atoms with Crippen LogP contribution in [0.4, 0.5) is 5.13 Å². The van der Waals surface area contributed by atoms with Crippen molar-refractivity contribution in [2.24, 2.45) is 0 Å². The number of carbonyl (C=O) groups excluding carboxylic acids is 1. The maximum absolute atomic E-state index is 12.7. The summed E-state index contributed by atoms with van der Waals surface area (Å²) in [5.74, 6) is -0.399. The lowest BCUT2D eigenvalue weighted by Crippen LogP contribution is -2.26. The van der Waals surface area contributed by atoms with E-state index in [1.807, 2.05) is 31.2 Å². The Kier molecular flexibility index (Phi) is 5.56. The lowest BCUT2D eigenvalue weighted by molar-refractivity contribution is 0.102. The first-order valence-electron chi connectivity index (χ1n) is 8.99. The molecule has 0 bridgehead atoms. The van der Waals surface area contributed by atoms with E-state index in [1.165, 1.54) is 23.5 Å². The molecular formula is C20H18BrN3O3S2. The Morgan fingerprint density at radius 1 is 1.17 bits per heavy atom. The van der Waals surface area contributed by atoms with Crippen molar-refractivity contribution in [2.75, 3.05) is 5.32 Å². The minimum absolute atomic E-state index is 0.00723. The zero-order valence-electron chi connectivity index (χ0n) is 15.5. The van der Waals surface area contributed by atoms with E-state index in [2.05, 4.69) is 31.0 Å². The van der Waals surface area contributed by atoms with Gasteiger partial charge in [-0.25, -0.2) is 18.1 Å². The first kappa shape index (κ1) is 20.2. The average Bonchev–Trinajstić information content (AvgIpc) is 3.42. The summed E-state index contributed by atoms with van der Waals surface area (Å²) in [6, 6.07) is 13.8. The van der Waals surface area contributed by atoms with E-state index in [-0.39, 0.29) is 16.5 Å². The van der Waals surface area contributed by atoms with Gasteiger partial charge >= 0.3 is 0 Å². The second-order valence-electron chi connectivity index (χ2n) is 6.81. The van der Waals surface area contributed by atoms with Gasteiger partial charge in [-0.3, -0.25) is 10.1 Å². The molecule has 1 aliphatic rings. The van der Waals surface area contributed by atoms with Crippen molar-refractivity contribution in [3.8, 4) is 11.3 Å². The number of nitrogens with zero attached hydrogens (tertiary/aromatic N) is 1. The molecule has 6 nitrogen and oxygen atoms in total. The zero-order valence-corrected chi connectivity index (χ0v) is 18.7. The van der Waals surface area contributed by atoms with Gasteiger partial charge in [-0.05, 0) is 50.1 Å². The van der Waals surface area contributed by atoms with Gasteiger partial charge in [0.1, 0.15) is 0 Å². The number of sulfonamides is 1. The van der Waals surface area contributed by atoms with Gasteiger partial charge in [-0.2, -0.15) is 0 Å². The number of aromatic nitrogens is 1. The molecule has 0 unspecified atom stereocenters. The fourth-order valence-electron chi connectivity index (χ4n) is 2.79. The fourth-order valence-corrected chi connectivity index (χ4v) is 5.23. The molecule has 1 saturated carbocycles. The zero-order chi connectivity index (χ0) is 20.6. The quantitative estimate of drug-likeness (QED) is 0.528. The van der Waals surface area contributed by atoms with Crippen LogP contribution in [0.3, 0.4) is 0 Å². The predicted molar refractivity (Wildman–Crippen MR) is 118 cm³/mol. The monoisotopic (exact) mass is 491 g/mol. The van der Waals surface area contributed by atoms with Gasteiger partial charge < -0.3 is 0 Å². The Morgan fingerprint density at radius 3 is 2.59 bits per heavy atom. The van der Waals surface area contributed by atoms with Gasteiger partial charge in [0.2, 0.25) is 10.0 Å². The molecule has 2 N–H and O–H groups in total. The first-order chi connectivity index (χ1) is 13.8. The van der Waals surface area contributed by atoms with Crippen LogP contribution in [0.15, 0.2) is 57.9 Å². The third-order valence-electron chi connectivity index (χ3n) is 4.44. The molecule has 0 radical (unpaired) electrons. The molecule has 1 aromatic heterocycles. The number of amides is 1. The smallest absolute Gasteiger partial charge is 0.257 e. The first-order valence-corrected chi connectivity index (χ1v) is 12.1. The number of hydrogen-bond acceptors (Lipinski definition) is 5. The molecule has 2 aromatic carbocycles. The van der Waals surface area contributed by atoms with Crippen molar-refractivity contribution >= 4 is 48.3 Å². The van der Waals surface area contributed by atoms with Crippen LogP contribution in [-0.2, 0) is 10.0 Å². The highest BCUT2D eigenvalue weighted by Crippen LogP contribution is 2.31. The molecule has 150 valence electrons. The molecule has 1 aliphatic carbocycles. The van der Waals surface area contributed by atoms with Gasteiger partial charge in [0, 0.05) is 26.5 Å². The summed E-state index contributed by atoms with van der Waals surface area (Å²) in [4.78, 5) is 18.3. The molecule has 29 heavy (non-hydrogen) atoms. The Morgan fingerprint density at radius 2 is 1.90 bits per heavy atom. The van der Waals surface area contributed by atoms with Crippen LogP contribution in [0, 0.1) is 6.92 Å². The van der Waals surface area contributed by atoms with Crippen molar-refractivity contribution in [2.45, 2.75) is 30.7 Å². The van der Waals surface area contributed by atoms with Crippen molar-refractivity contribution in [3.63, 3.8) is 0 Å². The number of thiazole rings is 1. The third-order valence-corrected chi connectivity index (χ3v) is 7.37. The van der Waals surface area contributed by atoms with E-state index < -0.39 is 15.9 Å². The number of benzene rings is 2. The molecular weight excluding hydrogens is 474 g/mol. The summed E-state index contributed by atoms with van der Waals surface area (Å²) in [6.45, 7) is 1.95. The second-order valence-corrected chi connectivity index (χ2v) is 10.6. The summed E-state index contributed by atoms with van der Waals surface area (Å²) in [6.07, 6.45) is 1.70. The van der Waals surface area contributed by atoms with Gasteiger partial charge in [-0.1, -0.05) is 34.1 Å². The van der Waals surface area contributed by atoms with Crippen LogP contribution in [-0.4, -0.2) is 25.4 Å². The van der Waals surface area contributed by atoms with Gasteiger partial charge in [0.05, 0.1) is 10.6 Å². The Bertz CT molecular complexity index is 1170. The summed E-state index contributed by atoms with van der Waals surface area (Å²) in [7, 11) is -3.61. The molecule has 3 aromatic rings. The minimum atomic E-state index is -3.61. The van der Waals surface area contributed by atoms with Crippen LogP contribution >= 0.6 is 27.3 Å². The Hall–Kier alpha value is -2.07. The second kappa shape index (κ2) is 7.98. The van der Waals surface area contributed by atoms with Gasteiger partial charge in [0.15, 0.2) is 5.13 Å². The van der Waals surface area contributed by atoms with E-state index in [0.29, 0.717) is 5.13 Å². The molecule has 9 heteroatoms. The molecule has 0 atom stereocenters.